The molecule has 0 unspecified atom stereocenters. The first kappa shape index (κ1) is 13.8. The van der Waals surface area contributed by atoms with Crippen molar-refractivity contribution in [1.29, 1.82) is 0 Å². The summed E-state index contributed by atoms with van der Waals surface area (Å²) in [5.41, 5.74) is -0.233. The van der Waals surface area contributed by atoms with Crippen molar-refractivity contribution in [3.8, 4) is 0 Å². The van der Waals surface area contributed by atoms with Crippen molar-refractivity contribution < 1.29 is 13.2 Å². The minimum Gasteiger partial charge on any atom is -0.222 e. The van der Waals surface area contributed by atoms with Gasteiger partial charge in [0.1, 0.15) is 0 Å². The molecule has 1 fully saturated rings. The summed E-state index contributed by atoms with van der Waals surface area (Å²) in [5.74, 6) is 0. The lowest BCUT2D eigenvalue weighted by Crippen LogP contribution is -2.08. The Balaban J connectivity index is 2.00. The molecule has 1 aromatic rings. The summed E-state index contributed by atoms with van der Waals surface area (Å²) in [6.07, 6.45) is 1.40. The summed E-state index contributed by atoms with van der Waals surface area (Å²) in [4.78, 5) is 8.15. The molecule has 102 valence electrons. The summed E-state index contributed by atoms with van der Waals surface area (Å²) >= 11 is 0. The highest BCUT2D eigenvalue weighted by Crippen LogP contribution is 2.30. The van der Waals surface area contributed by atoms with Crippen LogP contribution in [0, 0.1) is 0 Å². The van der Waals surface area contributed by atoms with E-state index >= 15 is 0 Å². The van der Waals surface area contributed by atoms with Crippen LogP contribution in [0.4, 0.5) is 18.9 Å². The number of alkyl halides is 3. The minimum atomic E-state index is -4.31. The average molecular weight is 268 g/mol. The second kappa shape index (κ2) is 6.02. The fourth-order valence-corrected chi connectivity index (χ4v) is 2.10. The zero-order chi connectivity index (χ0) is 13.7. The van der Waals surface area contributed by atoms with E-state index in [4.69, 9.17) is 0 Å². The molecule has 19 heavy (non-hydrogen) atoms. The first-order valence-corrected chi connectivity index (χ1v) is 6.38. The molecule has 1 aliphatic rings. The van der Waals surface area contributed by atoms with Gasteiger partial charge < -0.3 is 0 Å². The van der Waals surface area contributed by atoms with Gasteiger partial charge in [0, 0.05) is 0 Å². The largest absolute Gasteiger partial charge is 0.416 e. The van der Waals surface area contributed by atoms with E-state index in [1.165, 1.54) is 31.4 Å². The molecule has 2 nitrogen and oxygen atoms in total. The lowest BCUT2D eigenvalue weighted by molar-refractivity contribution is -0.137. The number of hydrogen-bond donors (Lipinski definition) is 0. The number of benzene rings is 1. The predicted molar refractivity (Wildman–Crippen MR) is 67.8 cm³/mol. The highest BCUT2D eigenvalue weighted by molar-refractivity contribution is 5.53. The molecular weight excluding hydrogens is 253 g/mol. The Hall–Kier alpha value is -1.61. The van der Waals surface area contributed by atoms with Crippen molar-refractivity contribution in [2.24, 2.45) is 9.98 Å². The Morgan fingerprint density at radius 3 is 2.21 bits per heavy atom. The Labute approximate surface area is 110 Å². The molecule has 2 rings (SSSR count). The summed E-state index contributed by atoms with van der Waals surface area (Å²) in [5, 5.41) is 0. The zero-order valence-electron chi connectivity index (χ0n) is 10.5. The quantitative estimate of drug-likeness (QED) is 0.685. The normalized spacial score (nSPS) is 16.8. The van der Waals surface area contributed by atoms with Crippen LogP contribution in [0.5, 0.6) is 0 Å². The summed E-state index contributed by atoms with van der Waals surface area (Å²) in [6.45, 7) is 0. The molecule has 0 heterocycles. The van der Waals surface area contributed by atoms with Gasteiger partial charge in [-0.05, 0) is 37.1 Å². The molecule has 5 heteroatoms. The maximum absolute atomic E-state index is 12.3. The number of rotatable bonds is 2. The van der Waals surface area contributed by atoms with Crippen molar-refractivity contribution in [2.75, 3.05) is 0 Å². The van der Waals surface area contributed by atoms with E-state index in [2.05, 4.69) is 16.0 Å². The van der Waals surface area contributed by atoms with Crippen molar-refractivity contribution >= 4 is 11.7 Å². The molecule has 1 saturated carbocycles. The van der Waals surface area contributed by atoms with E-state index < -0.39 is 11.7 Å². The second-order valence-corrected chi connectivity index (χ2v) is 4.68. The highest BCUT2D eigenvalue weighted by atomic mass is 19.4. The number of hydrogen-bond acceptors (Lipinski definition) is 2. The van der Waals surface area contributed by atoms with Gasteiger partial charge >= 0.3 is 6.18 Å². The first-order chi connectivity index (χ1) is 9.05. The van der Waals surface area contributed by atoms with E-state index in [0.29, 0.717) is 5.69 Å². The lowest BCUT2D eigenvalue weighted by atomic mass is 9.96. The van der Waals surface area contributed by atoms with Crippen molar-refractivity contribution in [1.82, 2.24) is 0 Å². The van der Waals surface area contributed by atoms with Gasteiger partial charge in [-0.15, -0.1) is 0 Å². The Morgan fingerprint density at radius 2 is 1.63 bits per heavy atom. The van der Waals surface area contributed by atoms with Crippen LogP contribution in [0.15, 0.2) is 34.3 Å². The smallest absolute Gasteiger partial charge is 0.222 e. The fraction of sp³-hybridized carbons (Fsp3) is 0.500. The van der Waals surface area contributed by atoms with Crippen molar-refractivity contribution in [3.63, 3.8) is 0 Å². The van der Waals surface area contributed by atoms with Crippen LogP contribution < -0.4 is 0 Å². The maximum atomic E-state index is 12.3. The van der Waals surface area contributed by atoms with E-state index in [0.717, 1.165) is 25.0 Å². The molecule has 1 aromatic carbocycles. The summed E-state index contributed by atoms with van der Waals surface area (Å²) < 4.78 is 37.0. The summed E-state index contributed by atoms with van der Waals surface area (Å²) in [7, 11) is 0. The van der Waals surface area contributed by atoms with Gasteiger partial charge in [0.15, 0.2) is 0 Å². The van der Waals surface area contributed by atoms with E-state index in [1.54, 1.807) is 0 Å². The van der Waals surface area contributed by atoms with E-state index in [1.807, 2.05) is 0 Å². The van der Waals surface area contributed by atoms with Gasteiger partial charge in [0.05, 0.1) is 23.3 Å². The maximum Gasteiger partial charge on any atom is 0.416 e. The lowest BCUT2D eigenvalue weighted by Gasteiger charge is -2.15. The number of halogens is 3. The molecule has 0 radical (unpaired) electrons. The van der Waals surface area contributed by atoms with Crippen LogP contribution in [0.1, 0.15) is 37.7 Å². The van der Waals surface area contributed by atoms with Gasteiger partial charge in [-0.2, -0.15) is 18.2 Å². The molecule has 0 saturated heterocycles. The van der Waals surface area contributed by atoms with Crippen LogP contribution in [-0.2, 0) is 6.18 Å². The highest BCUT2D eigenvalue weighted by Gasteiger charge is 2.29. The Bertz CT molecular complexity index is 464. The predicted octanol–water partition coefficient (Wildman–Crippen LogP) is 4.84. The molecule has 0 N–H and O–H groups in total. The van der Waals surface area contributed by atoms with Crippen molar-refractivity contribution in [2.45, 2.75) is 44.3 Å². The van der Waals surface area contributed by atoms with Gasteiger partial charge in [-0.25, -0.2) is 4.99 Å². The van der Waals surface area contributed by atoms with Gasteiger partial charge in [-0.3, -0.25) is 0 Å². The van der Waals surface area contributed by atoms with Crippen LogP contribution in [0.3, 0.4) is 0 Å². The molecular formula is C14H15F3N2. The third-order valence-corrected chi connectivity index (χ3v) is 3.19. The van der Waals surface area contributed by atoms with Gasteiger partial charge in [0.25, 0.3) is 0 Å². The second-order valence-electron chi connectivity index (χ2n) is 4.68. The molecule has 0 spiro atoms. The Kier molecular flexibility index (Phi) is 4.38. The third-order valence-electron chi connectivity index (χ3n) is 3.19. The Morgan fingerprint density at radius 1 is 1.00 bits per heavy atom. The minimum absolute atomic E-state index is 0.270. The zero-order valence-corrected chi connectivity index (χ0v) is 10.5. The standard InChI is InChI=1S/C14H15F3N2/c15-14(16,17)11-6-8-13(9-7-11)19-10-18-12-4-2-1-3-5-12/h6-9,12H,1-5H2. The average Bonchev–Trinajstić information content (AvgIpc) is 2.39. The SMILES string of the molecule is FC(F)(F)c1ccc(N=C=NC2CCCCC2)cc1. The van der Waals surface area contributed by atoms with Crippen LogP contribution in [0.25, 0.3) is 0 Å². The monoisotopic (exact) mass is 268 g/mol. The molecule has 1 aliphatic carbocycles. The van der Waals surface area contributed by atoms with E-state index in [-0.39, 0.29) is 6.04 Å². The first-order valence-electron chi connectivity index (χ1n) is 6.38. The van der Waals surface area contributed by atoms with Gasteiger partial charge in [0.2, 0.25) is 0 Å². The van der Waals surface area contributed by atoms with E-state index in [9.17, 15) is 13.2 Å². The number of aliphatic imine (C=N–C) groups is 2. The molecule has 0 aromatic heterocycles. The van der Waals surface area contributed by atoms with Crippen LogP contribution in [0.2, 0.25) is 0 Å². The molecule has 0 aliphatic heterocycles. The molecule has 0 amide bonds. The van der Waals surface area contributed by atoms with Crippen LogP contribution >= 0.6 is 0 Å². The molecule has 0 atom stereocenters. The van der Waals surface area contributed by atoms with Gasteiger partial charge in [-0.1, -0.05) is 19.3 Å². The number of nitrogens with zero attached hydrogens (tertiary/aromatic N) is 2. The molecule has 0 bridgehead atoms. The van der Waals surface area contributed by atoms with Crippen LogP contribution in [-0.4, -0.2) is 12.1 Å². The fourth-order valence-electron chi connectivity index (χ4n) is 2.10. The van der Waals surface area contributed by atoms with Crippen molar-refractivity contribution in [3.05, 3.63) is 29.8 Å². The summed E-state index contributed by atoms with van der Waals surface area (Å²) in [6, 6.07) is 7.55. The third kappa shape index (κ3) is 4.21. The topological polar surface area (TPSA) is 24.7 Å².